The van der Waals surface area contributed by atoms with Gasteiger partial charge in [0.25, 0.3) is 0 Å². The Hall–Kier alpha value is -1.27. The number of nitrogens with zero attached hydrogens (tertiary/aromatic N) is 1. The first kappa shape index (κ1) is 15.1. The van der Waals surface area contributed by atoms with Gasteiger partial charge in [0.1, 0.15) is 0 Å². The van der Waals surface area contributed by atoms with Crippen molar-refractivity contribution < 1.29 is 13.5 Å². The fourth-order valence-electron chi connectivity index (χ4n) is 2.71. The van der Waals surface area contributed by atoms with E-state index in [0.29, 0.717) is 5.69 Å². The first-order valence-electron chi connectivity index (χ1n) is 6.90. The van der Waals surface area contributed by atoms with Crippen LogP contribution in [0.2, 0.25) is 0 Å². The lowest BCUT2D eigenvalue weighted by atomic mass is 10.1. The Labute approximate surface area is 120 Å². The highest BCUT2D eigenvalue weighted by Crippen LogP contribution is 2.30. The first-order valence-corrected chi connectivity index (χ1v) is 8.79. The SMILES string of the molecule is CS(=O)(=O)c1ccc(N2CCCCCC2CO)c(N)c1. The minimum absolute atomic E-state index is 0.0592. The third-order valence-electron chi connectivity index (χ3n) is 3.82. The molecule has 1 fully saturated rings. The maximum Gasteiger partial charge on any atom is 0.175 e. The second-order valence-electron chi connectivity index (χ2n) is 5.37. The largest absolute Gasteiger partial charge is 0.397 e. The number of hydrogen-bond acceptors (Lipinski definition) is 5. The van der Waals surface area contributed by atoms with Crippen molar-refractivity contribution in [1.82, 2.24) is 0 Å². The minimum Gasteiger partial charge on any atom is -0.397 e. The van der Waals surface area contributed by atoms with Gasteiger partial charge in [-0.2, -0.15) is 0 Å². The minimum atomic E-state index is -3.25. The average Bonchev–Trinajstić information content (AvgIpc) is 2.62. The van der Waals surface area contributed by atoms with Crippen LogP contribution in [0.1, 0.15) is 25.7 Å². The molecule has 0 aliphatic carbocycles. The van der Waals surface area contributed by atoms with Gasteiger partial charge in [0.2, 0.25) is 0 Å². The second kappa shape index (κ2) is 6.01. The summed E-state index contributed by atoms with van der Waals surface area (Å²) in [6, 6.07) is 4.90. The van der Waals surface area contributed by atoms with Crippen LogP contribution >= 0.6 is 0 Å². The Morgan fingerprint density at radius 3 is 2.70 bits per heavy atom. The van der Waals surface area contributed by atoms with Gasteiger partial charge in [-0.3, -0.25) is 0 Å². The van der Waals surface area contributed by atoms with Crippen LogP contribution in [0.25, 0.3) is 0 Å². The van der Waals surface area contributed by atoms with Crippen molar-refractivity contribution in [3.63, 3.8) is 0 Å². The molecule has 0 spiro atoms. The van der Waals surface area contributed by atoms with Gasteiger partial charge in [0.15, 0.2) is 9.84 Å². The molecule has 1 aliphatic rings. The van der Waals surface area contributed by atoms with E-state index in [2.05, 4.69) is 4.90 Å². The summed E-state index contributed by atoms with van der Waals surface area (Å²) in [5.74, 6) is 0. The van der Waals surface area contributed by atoms with Crippen LogP contribution < -0.4 is 10.6 Å². The molecule has 2 rings (SSSR count). The summed E-state index contributed by atoms with van der Waals surface area (Å²) in [5.41, 5.74) is 7.30. The van der Waals surface area contributed by atoms with Crippen molar-refractivity contribution in [2.24, 2.45) is 0 Å². The van der Waals surface area contributed by atoms with E-state index in [1.54, 1.807) is 12.1 Å². The monoisotopic (exact) mass is 298 g/mol. The molecule has 1 aromatic rings. The molecule has 1 aliphatic heterocycles. The topological polar surface area (TPSA) is 83.6 Å². The summed E-state index contributed by atoms with van der Waals surface area (Å²) < 4.78 is 23.1. The number of anilines is 2. The van der Waals surface area contributed by atoms with Crippen LogP contribution in [0.15, 0.2) is 23.1 Å². The summed E-state index contributed by atoms with van der Waals surface area (Å²) in [4.78, 5) is 2.34. The second-order valence-corrected chi connectivity index (χ2v) is 7.39. The van der Waals surface area contributed by atoms with E-state index in [1.807, 2.05) is 0 Å². The van der Waals surface area contributed by atoms with Crippen molar-refractivity contribution >= 4 is 21.2 Å². The Kier molecular flexibility index (Phi) is 4.55. The summed E-state index contributed by atoms with van der Waals surface area (Å²) >= 11 is 0. The third kappa shape index (κ3) is 3.24. The average molecular weight is 298 g/mol. The van der Waals surface area contributed by atoms with Crippen molar-refractivity contribution in [3.05, 3.63) is 18.2 Å². The number of benzene rings is 1. The molecule has 0 saturated carbocycles. The molecule has 20 heavy (non-hydrogen) atoms. The molecule has 1 unspecified atom stereocenters. The maximum atomic E-state index is 11.5. The lowest BCUT2D eigenvalue weighted by Gasteiger charge is -2.32. The first-order chi connectivity index (χ1) is 9.43. The molecule has 3 N–H and O–H groups in total. The normalized spacial score (nSPS) is 20.7. The van der Waals surface area contributed by atoms with E-state index < -0.39 is 9.84 Å². The highest BCUT2D eigenvalue weighted by atomic mass is 32.2. The maximum absolute atomic E-state index is 11.5. The molecule has 6 heteroatoms. The molecule has 1 saturated heterocycles. The predicted octanol–water partition coefficient (Wildman–Crippen LogP) is 1.41. The zero-order chi connectivity index (χ0) is 14.8. The number of nitrogen functional groups attached to an aromatic ring is 1. The van der Waals surface area contributed by atoms with Gasteiger partial charge < -0.3 is 15.7 Å². The van der Waals surface area contributed by atoms with Gasteiger partial charge in [-0.25, -0.2) is 8.42 Å². The Bertz CT molecular complexity index is 572. The number of hydrogen-bond donors (Lipinski definition) is 2. The number of aliphatic hydroxyl groups is 1. The number of aliphatic hydroxyl groups excluding tert-OH is 1. The molecular weight excluding hydrogens is 276 g/mol. The number of nitrogens with two attached hydrogens (primary N) is 1. The van der Waals surface area contributed by atoms with E-state index >= 15 is 0 Å². The van der Waals surface area contributed by atoms with Gasteiger partial charge in [-0.05, 0) is 31.0 Å². The van der Waals surface area contributed by atoms with Crippen molar-refractivity contribution in [1.29, 1.82) is 0 Å². The van der Waals surface area contributed by atoms with Gasteiger partial charge in [-0.15, -0.1) is 0 Å². The highest BCUT2D eigenvalue weighted by molar-refractivity contribution is 7.90. The fraction of sp³-hybridized carbons (Fsp3) is 0.571. The number of rotatable bonds is 3. The lowest BCUT2D eigenvalue weighted by Crippen LogP contribution is -2.38. The van der Waals surface area contributed by atoms with Crippen molar-refractivity contribution in [2.75, 3.05) is 30.0 Å². The summed E-state index contributed by atoms with van der Waals surface area (Å²) in [7, 11) is -3.25. The molecular formula is C14H22N2O3S. The van der Waals surface area contributed by atoms with Gasteiger partial charge in [0, 0.05) is 12.8 Å². The van der Waals surface area contributed by atoms with E-state index in [-0.39, 0.29) is 17.5 Å². The van der Waals surface area contributed by atoms with Crippen LogP contribution in [-0.4, -0.2) is 39.0 Å². The Morgan fingerprint density at radius 1 is 1.35 bits per heavy atom. The van der Waals surface area contributed by atoms with Crippen LogP contribution in [0.5, 0.6) is 0 Å². The Morgan fingerprint density at radius 2 is 2.10 bits per heavy atom. The summed E-state index contributed by atoms with van der Waals surface area (Å²) in [5, 5.41) is 9.54. The molecule has 0 radical (unpaired) electrons. The molecule has 1 atom stereocenters. The van der Waals surface area contributed by atoms with Crippen LogP contribution in [0.4, 0.5) is 11.4 Å². The summed E-state index contributed by atoms with van der Waals surface area (Å²) in [6.45, 7) is 0.931. The molecule has 1 heterocycles. The summed E-state index contributed by atoms with van der Waals surface area (Å²) in [6.07, 6.45) is 5.41. The lowest BCUT2D eigenvalue weighted by molar-refractivity contribution is 0.255. The smallest absolute Gasteiger partial charge is 0.175 e. The van der Waals surface area contributed by atoms with Crippen LogP contribution in [-0.2, 0) is 9.84 Å². The molecule has 1 aromatic carbocycles. The standard InChI is InChI=1S/C14H22N2O3S/c1-20(18,19)12-6-7-14(13(15)9-12)16-8-4-2-3-5-11(16)10-17/h6-7,9,11,17H,2-5,8,10,15H2,1H3. The van der Waals surface area contributed by atoms with E-state index in [0.717, 1.165) is 37.9 Å². The number of sulfone groups is 1. The van der Waals surface area contributed by atoms with Gasteiger partial charge in [0.05, 0.1) is 28.9 Å². The molecule has 0 aromatic heterocycles. The van der Waals surface area contributed by atoms with E-state index in [9.17, 15) is 13.5 Å². The van der Waals surface area contributed by atoms with Crippen LogP contribution in [0.3, 0.4) is 0 Å². The highest BCUT2D eigenvalue weighted by Gasteiger charge is 2.22. The van der Waals surface area contributed by atoms with E-state index in [1.165, 1.54) is 12.3 Å². The third-order valence-corrected chi connectivity index (χ3v) is 4.93. The zero-order valence-electron chi connectivity index (χ0n) is 11.7. The van der Waals surface area contributed by atoms with E-state index in [4.69, 9.17) is 5.73 Å². The molecule has 0 bridgehead atoms. The van der Waals surface area contributed by atoms with Crippen LogP contribution in [0, 0.1) is 0 Å². The zero-order valence-corrected chi connectivity index (χ0v) is 12.6. The van der Waals surface area contributed by atoms with Gasteiger partial charge >= 0.3 is 0 Å². The molecule has 5 nitrogen and oxygen atoms in total. The predicted molar refractivity (Wildman–Crippen MR) is 80.7 cm³/mol. The van der Waals surface area contributed by atoms with Crippen molar-refractivity contribution in [2.45, 2.75) is 36.6 Å². The fourth-order valence-corrected chi connectivity index (χ4v) is 3.37. The van der Waals surface area contributed by atoms with Gasteiger partial charge in [-0.1, -0.05) is 12.8 Å². The molecule has 112 valence electrons. The quantitative estimate of drug-likeness (QED) is 0.824. The van der Waals surface area contributed by atoms with Crippen molar-refractivity contribution in [3.8, 4) is 0 Å². The molecule has 0 amide bonds. The Balaban J connectivity index is 2.36.